The van der Waals surface area contributed by atoms with Gasteiger partial charge in [-0.3, -0.25) is 4.68 Å². The molecule has 17 heavy (non-hydrogen) atoms. The number of aryl methyl sites for hydroxylation is 1. The standard InChI is InChI=1S/C12H13Br2N3/c1-17-7-8(6-16-17)4-12(15)10-5-9(13)2-3-11(10)14/h2-3,5-7,12H,4,15H2,1H3. The lowest BCUT2D eigenvalue weighted by Crippen LogP contribution is -2.13. The van der Waals surface area contributed by atoms with Crippen LogP contribution in [-0.4, -0.2) is 9.78 Å². The van der Waals surface area contributed by atoms with E-state index >= 15 is 0 Å². The van der Waals surface area contributed by atoms with Gasteiger partial charge in [0.1, 0.15) is 0 Å². The smallest absolute Gasteiger partial charge is 0.0522 e. The predicted octanol–water partition coefficient (Wildman–Crippen LogP) is 3.19. The monoisotopic (exact) mass is 357 g/mol. The van der Waals surface area contributed by atoms with Crippen molar-refractivity contribution in [3.63, 3.8) is 0 Å². The molecule has 0 bridgehead atoms. The van der Waals surface area contributed by atoms with Crippen LogP contribution in [0.5, 0.6) is 0 Å². The first-order valence-electron chi connectivity index (χ1n) is 5.24. The molecule has 0 aliphatic heterocycles. The molecule has 0 aliphatic rings. The Bertz CT molecular complexity index is 522. The first kappa shape index (κ1) is 12.8. The summed E-state index contributed by atoms with van der Waals surface area (Å²) in [5.74, 6) is 0. The van der Waals surface area contributed by atoms with Gasteiger partial charge in [0, 0.05) is 28.2 Å². The molecule has 0 radical (unpaired) electrons. The van der Waals surface area contributed by atoms with Crippen LogP contribution >= 0.6 is 31.9 Å². The van der Waals surface area contributed by atoms with Crippen LogP contribution in [0.2, 0.25) is 0 Å². The average Bonchev–Trinajstić information content (AvgIpc) is 2.67. The molecule has 0 amide bonds. The van der Waals surface area contributed by atoms with E-state index in [0.717, 1.165) is 26.5 Å². The molecular formula is C12H13Br2N3. The molecule has 0 saturated carbocycles. The Hall–Kier alpha value is -0.650. The number of nitrogens with two attached hydrogens (primary N) is 1. The highest BCUT2D eigenvalue weighted by atomic mass is 79.9. The fourth-order valence-corrected chi connectivity index (χ4v) is 2.66. The summed E-state index contributed by atoms with van der Waals surface area (Å²) in [6.45, 7) is 0. The van der Waals surface area contributed by atoms with Crippen LogP contribution in [0.1, 0.15) is 17.2 Å². The van der Waals surface area contributed by atoms with Crippen molar-refractivity contribution < 1.29 is 0 Å². The number of benzene rings is 1. The molecule has 2 aromatic rings. The number of hydrogen-bond acceptors (Lipinski definition) is 2. The van der Waals surface area contributed by atoms with E-state index in [4.69, 9.17) is 5.73 Å². The fraction of sp³-hybridized carbons (Fsp3) is 0.250. The number of nitrogens with zero attached hydrogens (tertiary/aromatic N) is 2. The van der Waals surface area contributed by atoms with Crippen LogP contribution in [0.15, 0.2) is 39.5 Å². The molecule has 90 valence electrons. The van der Waals surface area contributed by atoms with E-state index in [1.807, 2.05) is 37.6 Å². The third-order valence-corrected chi connectivity index (χ3v) is 3.79. The van der Waals surface area contributed by atoms with Gasteiger partial charge in [0.05, 0.1) is 6.20 Å². The van der Waals surface area contributed by atoms with Gasteiger partial charge in [-0.25, -0.2) is 0 Å². The Morgan fingerprint density at radius 2 is 2.18 bits per heavy atom. The maximum atomic E-state index is 6.22. The number of halogens is 2. The second kappa shape index (κ2) is 5.33. The molecule has 1 aromatic heterocycles. The van der Waals surface area contributed by atoms with Gasteiger partial charge in [-0.05, 0) is 35.7 Å². The number of aromatic nitrogens is 2. The topological polar surface area (TPSA) is 43.8 Å². The quantitative estimate of drug-likeness (QED) is 0.915. The van der Waals surface area contributed by atoms with E-state index in [9.17, 15) is 0 Å². The molecule has 2 N–H and O–H groups in total. The zero-order chi connectivity index (χ0) is 12.4. The minimum absolute atomic E-state index is 0.0360. The van der Waals surface area contributed by atoms with Crippen molar-refractivity contribution in [3.8, 4) is 0 Å². The summed E-state index contributed by atoms with van der Waals surface area (Å²) in [7, 11) is 1.91. The molecule has 1 aromatic carbocycles. The van der Waals surface area contributed by atoms with E-state index in [-0.39, 0.29) is 6.04 Å². The van der Waals surface area contributed by atoms with Crippen LogP contribution < -0.4 is 5.73 Å². The predicted molar refractivity (Wildman–Crippen MR) is 75.7 cm³/mol. The third-order valence-electron chi connectivity index (χ3n) is 2.57. The lowest BCUT2D eigenvalue weighted by Gasteiger charge is -2.13. The van der Waals surface area contributed by atoms with Gasteiger partial charge in [-0.2, -0.15) is 5.10 Å². The van der Waals surface area contributed by atoms with Gasteiger partial charge in [-0.1, -0.05) is 31.9 Å². The Morgan fingerprint density at radius 1 is 1.41 bits per heavy atom. The van der Waals surface area contributed by atoms with Crippen molar-refractivity contribution in [3.05, 3.63) is 50.7 Å². The van der Waals surface area contributed by atoms with Crippen LogP contribution in [0.3, 0.4) is 0 Å². The maximum Gasteiger partial charge on any atom is 0.0522 e. The Balaban J connectivity index is 2.19. The van der Waals surface area contributed by atoms with Crippen molar-refractivity contribution >= 4 is 31.9 Å². The summed E-state index contributed by atoms with van der Waals surface area (Å²) in [6.07, 6.45) is 4.63. The Labute approximate surface area is 117 Å². The van der Waals surface area contributed by atoms with E-state index in [0.29, 0.717) is 0 Å². The molecular weight excluding hydrogens is 346 g/mol. The van der Waals surface area contributed by atoms with Gasteiger partial charge >= 0.3 is 0 Å². The highest BCUT2D eigenvalue weighted by Gasteiger charge is 2.12. The minimum Gasteiger partial charge on any atom is -0.324 e. The van der Waals surface area contributed by atoms with Crippen molar-refractivity contribution in [2.24, 2.45) is 12.8 Å². The highest BCUT2D eigenvalue weighted by molar-refractivity contribution is 9.11. The van der Waals surface area contributed by atoms with E-state index < -0.39 is 0 Å². The second-order valence-corrected chi connectivity index (χ2v) is 5.77. The van der Waals surface area contributed by atoms with Gasteiger partial charge in [-0.15, -0.1) is 0 Å². The third kappa shape index (κ3) is 3.18. The van der Waals surface area contributed by atoms with Gasteiger partial charge in [0.2, 0.25) is 0 Å². The van der Waals surface area contributed by atoms with Gasteiger partial charge in [0.25, 0.3) is 0 Å². The second-order valence-electron chi connectivity index (χ2n) is 4.00. The number of rotatable bonds is 3. The zero-order valence-corrected chi connectivity index (χ0v) is 12.6. The average molecular weight is 359 g/mol. The van der Waals surface area contributed by atoms with Gasteiger partial charge in [0.15, 0.2) is 0 Å². The molecule has 3 nitrogen and oxygen atoms in total. The minimum atomic E-state index is -0.0360. The molecule has 0 spiro atoms. The summed E-state index contributed by atoms with van der Waals surface area (Å²) in [5.41, 5.74) is 8.46. The fourth-order valence-electron chi connectivity index (χ4n) is 1.74. The summed E-state index contributed by atoms with van der Waals surface area (Å²) in [5, 5.41) is 4.14. The number of hydrogen-bond donors (Lipinski definition) is 1. The summed E-state index contributed by atoms with van der Waals surface area (Å²) < 4.78 is 3.87. The lowest BCUT2D eigenvalue weighted by molar-refractivity contribution is 0.715. The molecule has 5 heteroatoms. The first-order valence-corrected chi connectivity index (χ1v) is 6.83. The van der Waals surface area contributed by atoms with Crippen LogP contribution in [0.25, 0.3) is 0 Å². The van der Waals surface area contributed by atoms with E-state index in [1.165, 1.54) is 0 Å². The molecule has 0 fully saturated rings. The summed E-state index contributed by atoms with van der Waals surface area (Å²) in [4.78, 5) is 0. The molecule has 1 unspecified atom stereocenters. The molecule has 2 rings (SSSR count). The van der Waals surface area contributed by atoms with Crippen molar-refractivity contribution in [1.29, 1.82) is 0 Å². The van der Waals surface area contributed by atoms with Crippen molar-refractivity contribution in [2.75, 3.05) is 0 Å². The molecule has 1 heterocycles. The Morgan fingerprint density at radius 3 is 2.82 bits per heavy atom. The summed E-state index contributed by atoms with van der Waals surface area (Å²) in [6, 6.07) is 6.00. The van der Waals surface area contributed by atoms with Crippen LogP contribution in [0, 0.1) is 0 Å². The molecule has 0 aliphatic carbocycles. The Kier molecular flexibility index (Phi) is 4.01. The zero-order valence-electron chi connectivity index (χ0n) is 9.40. The van der Waals surface area contributed by atoms with Crippen LogP contribution in [0.4, 0.5) is 0 Å². The summed E-state index contributed by atoms with van der Waals surface area (Å²) >= 11 is 6.99. The van der Waals surface area contributed by atoms with E-state index in [2.05, 4.69) is 37.0 Å². The van der Waals surface area contributed by atoms with Crippen LogP contribution in [-0.2, 0) is 13.5 Å². The molecule has 1 atom stereocenters. The molecule has 0 saturated heterocycles. The highest BCUT2D eigenvalue weighted by Crippen LogP contribution is 2.27. The first-order chi connectivity index (χ1) is 8.06. The van der Waals surface area contributed by atoms with Gasteiger partial charge < -0.3 is 5.73 Å². The normalized spacial score (nSPS) is 12.7. The largest absolute Gasteiger partial charge is 0.324 e. The maximum absolute atomic E-state index is 6.22. The van der Waals surface area contributed by atoms with E-state index in [1.54, 1.807) is 4.68 Å². The van der Waals surface area contributed by atoms with Crippen molar-refractivity contribution in [2.45, 2.75) is 12.5 Å². The lowest BCUT2D eigenvalue weighted by atomic mass is 10.0. The van der Waals surface area contributed by atoms with Crippen molar-refractivity contribution in [1.82, 2.24) is 9.78 Å². The SMILES string of the molecule is Cn1cc(CC(N)c2cc(Br)ccc2Br)cn1.